The monoisotopic (exact) mass is 982 g/mol. The number of benzene rings is 2. The highest BCUT2D eigenvalue weighted by atomic mass is 35.5. The second-order valence-electron chi connectivity index (χ2n) is 15.4. The fourth-order valence-corrected chi connectivity index (χ4v) is 8.58. The van der Waals surface area contributed by atoms with E-state index in [-0.39, 0.29) is 36.3 Å². The fourth-order valence-electron chi connectivity index (χ4n) is 7.60. The zero-order chi connectivity index (χ0) is 46.8. The molecule has 2 fully saturated rings. The number of pyridine rings is 2. The smallest absolute Gasteiger partial charge is 0.244 e. The number of carbonyl (C=O) groups is 2. The number of piperazine rings is 2. The normalized spacial score (nSPS) is 16.0. The lowest BCUT2D eigenvalue weighted by atomic mass is 10.1. The van der Waals surface area contributed by atoms with Crippen molar-refractivity contribution >= 4 is 81.2 Å². The number of hydrogen-bond acceptors (Lipinski definition) is 10. The maximum absolute atomic E-state index is 13.1. The zero-order valence-electron chi connectivity index (χ0n) is 36.9. The molecular weight excluding hydrogens is 934 g/mol. The van der Waals surface area contributed by atoms with Gasteiger partial charge in [-0.05, 0) is 76.2 Å². The number of rotatable bonds is 9. The van der Waals surface area contributed by atoms with E-state index in [9.17, 15) is 9.59 Å². The molecule has 6 aromatic rings. The Labute approximate surface area is 404 Å². The first-order valence-electron chi connectivity index (χ1n) is 20.8. The molecule has 0 spiro atoms. The number of nitrogens with zero attached hydrogens (tertiary/aromatic N) is 9. The van der Waals surface area contributed by atoms with E-state index in [0.717, 1.165) is 65.8 Å². The second kappa shape index (κ2) is 22.8. The lowest BCUT2D eigenvalue weighted by Crippen LogP contribution is -2.54. The first-order chi connectivity index (χ1) is 31.2. The predicted molar refractivity (Wildman–Crippen MR) is 260 cm³/mol. The summed E-state index contributed by atoms with van der Waals surface area (Å²) in [7, 11) is 3.21. The number of methoxy groups -OCH3 is 2. The summed E-state index contributed by atoms with van der Waals surface area (Å²) in [5.74, 6) is 1.36. The summed E-state index contributed by atoms with van der Waals surface area (Å²) in [6, 6.07) is 19.1. The van der Waals surface area contributed by atoms with Gasteiger partial charge in [0.1, 0.15) is 35.3 Å². The number of carbonyl (C=O) groups excluding carboxylic acids is 2. The van der Waals surface area contributed by atoms with Crippen LogP contribution in [0, 0.1) is 13.8 Å². The van der Waals surface area contributed by atoms with Crippen LogP contribution >= 0.6 is 58.0 Å². The van der Waals surface area contributed by atoms with Gasteiger partial charge in [0.15, 0.2) is 0 Å². The molecule has 65 heavy (non-hydrogen) atoms. The van der Waals surface area contributed by atoms with Gasteiger partial charge in [-0.2, -0.15) is 10.2 Å². The van der Waals surface area contributed by atoms with Crippen molar-refractivity contribution in [1.29, 1.82) is 0 Å². The maximum atomic E-state index is 13.1. The van der Waals surface area contributed by atoms with Crippen LogP contribution < -0.4 is 19.3 Å². The molecule has 0 bridgehead atoms. The van der Waals surface area contributed by atoms with Crippen LogP contribution in [0.15, 0.2) is 85.5 Å². The van der Waals surface area contributed by atoms with Gasteiger partial charge in [0.25, 0.3) is 0 Å². The first-order valence-corrected chi connectivity index (χ1v) is 22.8. The summed E-state index contributed by atoms with van der Waals surface area (Å²) in [5, 5.41) is 13.9. The molecule has 8 rings (SSSR count). The topological polar surface area (TPSA) is 138 Å². The van der Waals surface area contributed by atoms with E-state index in [4.69, 9.17) is 67.5 Å². The number of nitrogens with one attached hydrogen (secondary N) is 1. The second-order valence-corrected chi connectivity index (χ2v) is 17.3. The third-order valence-electron chi connectivity index (χ3n) is 11.2. The Morgan fingerprint density at radius 1 is 0.677 bits per heavy atom. The molecule has 2 amide bonds. The number of aromatic nitrogens is 6. The molecule has 2 aliphatic rings. The van der Waals surface area contributed by atoms with Crippen LogP contribution in [0.4, 0.5) is 11.4 Å². The number of H-pyrrole nitrogens is 1. The molecule has 2 saturated heterocycles. The van der Waals surface area contributed by atoms with Gasteiger partial charge in [-0.15, -0.1) is 11.6 Å². The molecule has 0 radical (unpaired) electrons. The van der Waals surface area contributed by atoms with Gasteiger partial charge < -0.3 is 29.1 Å². The molecule has 2 aromatic carbocycles. The minimum atomic E-state index is -0.00694. The molecule has 6 heterocycles. The zero-order valence-corrected chi connectivity index (χ0v) is 40.7. The molecule has 19 heteroatoms. The number of aryl methyl sites for hydroxylation is 1. The summed E-state index contributed by atoms with van der Waals surface area (Å²) in [5.41, 5.74) is 7.03. The molecule has 4 aromatic heterocycles. The van der Waals surface area contributed by atoms with Crippen LogP contribution in [0.25, 0.3) is 22.5 Å². The lowest BCUT2D eigenvalue weighted by molar-refractivity contribution is -0.134. The summed E-state index contributed by atoms with van der Waals surface area (Å²) in [6.45, 7) is 12.3. The van der Waals surface area contributed by atoms with Crippen molar-refractivity contribution in [2.45, 2.75) is 46.3 Å². The van der Waals surface area contributed by atoms with Gasteiger partial charge in [-0.3, -0.25) is 29.3 Å². The number of amides is 2. The maximum Gasteiger partial charge on any atom is 0.244 e. The minimum Gasteiger partial charge on any atom is -0.495 e. The van der Waals surface area contributed by atoms with Gasteiger partial charge in [0.05, 0.1) is 45.7 Å². The van der Waals surface area contributed by atoms with Crippen LogP contribution in [0.1, 0.15) is 25.2 Å². The Bertz CT molecular complexity index is 2540. The standard InChI is InChI=1S/C23H25Cl2N5O2.C14H18Cl2N2O2.C9H8ClN3/c1-15-13-28(18-4-5-19(24)20(12-18)32-3)10-11-29(15)21(31)14-30-16(2)22(25)23(27-30)17-6-8-26-9-7-17;1-10-9-17(5-6-18(10)14(19)8-15)11-3-4-12(16)13(7-11)20-2;1-6-8(10)9(13-12-6)7-2-4-11-5-3-7/h4-9,12,15H,10-11,13-14H2,1-3H3;3-4,7,10H,5-6,8-9H2,1-2H3;2-5H,1H3,(H,12,13)/t15-;10-;/m00./s1. The molecule has 2 atom stereocenters. The first kappa shape index (κ1) is 49.2. The summed E-state index contributed by atoms with van der Waals surface area (Å²) < 4.78 is 12.3. The summed E-state index contributed by atoms with van der Waals surface area (Å²) in [4.78, 5) is 41.0. The third kappa shape index (κ3) is 12.0. The number of halogens is 5. The van der Waals surface area contributed by atoms with Crippen molar-refractivity contribution in [2.24, 2.45) is 0 Å². The van der Waals surface area contributed by atoms with Gasteiger partial charge in [-0.25, -0.2) is 0 Å². The van der Waals surface area contributed by atoms with Crippen LogP contribution in [0.5, 0.6) is 11.5 Å². The highest BCUT2D eigenvalue weighted by Crippen LogP contribution is 2.33. The largest absolute Gasteiger partial charge is 0.495 e. The van der Waals surface area contributed by atoms with Crippen molar-refractivity contribution in [3.63, 3.8) is 0 Å². The van der Waals surface area contributed by atoms with E-state index >= 15 is 0 Å². The Kier molecular flexibility index (Phi) is 17.2. The van der Waals surface area contributed by atoms with E-state index < -0.39 is 0 Å². The molecule has 0 unspecified atom stereocenters. The average molecular weight is 985 g/mol. The molecule has 14 nitrogen and oxygen atoms in total. The van der Waals surface area contributed by atoms with Gasteiger partial charge in [0, 0.05) is 111 Å². The predicted octanol–water partition coefficient (Wildman–Crippen LogP) is 9.36. The van der Waals surface area contributed by atoms with Gasteiger partial charge >= 0.3 is 0 Å². The average Bonchev–Trinajstić information content (AvgIpc) is 3.81. The van der Waals surface area contributed by atoms with Crippen molar-refractivity contribution in [3.8, 4) is 34.0 Å². The van der Waals surface area contributed by atoms with E-state index in [1.807, 2.05) is 91.2 Å². The summed E-state index contributed by atoms with van der Waals surface area (Å²) >= 11 is 30.4. The van der Waals surface area contributed by atoms with Crippen molar-refractivity contribution in [1.82, 2.24) is 39.7 Å². The number of alkyl halides is 1. The Hall–Kier alpha value is -5.25. The molecule has 1 N–H and O–H groups in total. The SMILES string of the molecule is COc1cc(N2CCN(C(=O)CCl)[C@@H](C)C2)ccc1Cl.COc1cc(N2CCN(C(=O)Cn3nc(-c4ccncc4)c(Cl)c3C)[C@@H](C)C2)ccc1Cl.Cc1[nH]nc(-c2ccncc2)c1Cl. The van der Waals surface area contributed by atoms with Crippen LogP contribution in [-0.4, -0.2) is 123 Å². The Balaban J connectivity index is 0.000000180. The molecule has 2 aliphatic heterocycles. The van der Waals surface area contributed by atoms with E-state index in [1.54, 1.807) is 43.7 Å². The highest BCUT2D eigenvalue weighted by molar-refractivity contribution is 6.34. The lowest BCUT2D eigenvalue weighted by Gasteiger charge is -2.41. The summed E-state index contributed by atoms with van der Waals surface area (Å²) in [6.07, 6.45) is 6.83. The van der Waals surface area contributed by atoms with E-state index in [2.05, 4.69) is 42.0 Å². The number of hydrogen-bond donors (Lipinski definition) is 1. The quantitative estimate of drug-likeness (QED) is 0.140. The van der Waals surface area contributed by atoms with Crippen molar-refractivity contribution in [3.05, 3.63) is 117 Å². The number of aromatic amines is 1. The number of anilines is 2. The highest BCUT2D eigenvalue weighted by Gasteiger charge is 2.30. The Morgan fingerprint density at radius 3 is 1.58 bits per heavy atom. The van der Waals surface area contributed by atoms with Gasteiger partial charge in [0.2, 0.25) is 11.8 Å². The van der Waals surface area contributed by atoms with Gasteiger partial charge in [-0.1, -0.05) is 46.4 Å². The molecule has 0 aliphatic carbocycles. The molecule has 0 saturated carbocycles. The van der Waals surface area contributed by atoms with E-state index in [1.165, 1.54) is 0 Å². The van der Waals surface area contributed by atoms with Crippen molar-refractivity contribution < 1.29 is 19.1 Å². The third-order valence-corrected chi connectivity index (χ3v) is 13.0. The fraction of sp³-hybridized carbons (Fsp3) is 0.348. The van der Waals surface area contributed by atoms with Crippen LogP contribution in [0.2, 0.25) is 20.1 Å². The van der Waals surface area contributed by atoms with E-state index in [0.29, 0.717) is 50.4 Å². The number of ether oxygens (including phenoxy) is 2. The minimum absolute atomic E-state index is 0.00694. The van der Waals surface area contributed by atoms with Crippen LogP contribution in [0.3, 0.4) is 0 Å². The molecular formula is C46H51Cl5N10O4. The Morgan fingerprint density at radius 2 is 1.15 bits per heavy atom. The molecule has 344 valence electrons. The van der Waals surface area contributed by atoms with Crippen molar-refractivity contribution in [2.75, 3.05) is 69.2 Å². The van der Waals surface area contributed by atoms with Crippen LogP contribution in [-0.2, 0) is 16.1 Å².